The number of sulfonamides is 1. The van der Waals surface area contributed by atoms with Crippen LogP contribution in [-0.4, -0.2) is 57.8 Å². The van der Waals surface area contributed by atoms with Crippen molar-refractivity contribution in [2.75, 3.05) is 32.7 Å². The molecule has 1 unspecified atom stereocenters. The van der Waals surface area contributed by atoms with Crippen molar-refractivity contribution in [3.05, 3.63) is 29.8 Å². The Bertz CT molecular complexity index is 844. The standard InChI is InChI=1S/C19H26N4O3S.ClH/c24-19(21-13-14-4-3-9-20-12-14)15-7-10-23(11-8-15)18-16-5-1-2-6-17(16)27(25,26)22-18;/h1-2,5-6,14-15,20H,3-4,7-13H2,(H,21,24);1H. The predicted molar refractivity (Wildman–Crippen MR) is 110 cm³/mol. The molecule has 2 saturated heterocycles. The monoisotopic (exact) mass is 426 g/mol. The molecule has 1 aromatic carbocycles. The van der Waals surface area contributed by atoms with Gasteiger partial charge in [-0.3, -0.25) is 4.79 Å². The Morgan fingerprint density at radius 2 is 1.96 bits per heavy atom. The van der Waals surface area contributed by atoms with E-state index in [-0.39, 0.29) is 29.1 Å². The fraction of sp³-hybridized carbons (Fsp3) is 0.579. The number of rotatable bonds is 3. The molecule has 28 heavy (non-hydrogen) atoms. The van der Waals surface area contributed by atoms with Gasteiger partial charge in [0.05, 0.1) is 0 Å². The minimum Gasteiger partial charge on any atom is -0.356 e. The van der Waals surface area contributed by atoms with E-state index in [0.717, 1.165) is 32.5 Å². The first-order valence-electron chi connectivity index (χ1n) is 9.72. The second-order valence-corrected chi connectivity index (χ2v) is 9.18. The van der Waals surface area contributed by atoms with Crippen LogP contribution in [0, 0.1) is 11.8 Å². The van der Waals surface area contributed by atoms with Gasteiger partial charge in [-0.2, -0.15) is 8.42 Å². The summed E-state index contributed by atoms with van der Waals surface area (Å²) in [6, 6.07) is 6.94. The molecule has 1 aromatic rings. The second kappa shape index (κ2) is 8.80. The Hall–Kier alpha value is -1.64. The number of hydrogen-bond donors (Lipinski definition) is 2. The molecule has 0 radical (unpaired) electrons. The van der Waals surface area contributed by atoms with Gasteiger partial charge in [-0.15, -0.1) is 16.8 Å². The Morgan fingerprint density at radius 3 is 2.68 bits per heavy atom. The van der Waals surface area contributed by atoms with Gasteiger partial charge >= 0.3 is 0 Å². The summed E-state index contributed by atoms with van der Waals surface area (Å²) in [6.45, 7) is 4.08. The molecule has 1 atom stereocenters. The molecule has 9 heteroatoms. The molecule has 2 N–H and O–H groups in total. The number of halogens is 1. The number of piperidine rings is 2. The lowest BCUT2D eigenvalue weighted by Gasteiger charge is -2.33. The van der Waals surface area contributed by atoms with Crippen molar-refractivity contribution in [2.24, 2.45) is 16.2 Å². The van der Waals surface area contributed by atoms with Gasteiger partial charge in [0, 0.05) is 31.1 Å². The molecule has 0 aromatic heterocycles. The summed E-state index contributed by atoms with van der Waals surface area (Å²) in [4.78, 5) is 14.8. The molecule has 3 aliphatic heterocycles. The zero-order chi connectivity index (χ0) is 18.9. The first kappa shape index (κ1) is 21.1. The predicted octanol–water partition coefficient (Wildman–Crippen LogP) is 1.39. The highest BCUT2D eigenvalue weighted by Gasteiger charge is 2.34. The number of hydrogen-bond acceptors (Lipinski definition) is 5. The van der Waals surface area contributed by atoms with Crippen LogP contribution < -0.4 is 10.6 Å². The average molecular weight is 427 g/mol. The SMILES string of the molecule is Cl.O=C(NCC1CCCNC1)C1CCN(C2=NS(=O)(=O)c3ccccc32)CC1. The van der Waals surface area contributed by atoms with E-state index in [9.17, 15) is 13.2 Å². The fourth-order valence-electron chi connectivity index (χ4n) is 4.16. The van der Waals surface area contributed by atoms with E-state index in [1.165, 1.54) is 12.8 Å². The van der Waals surface area contributed by atoms with Gasteiger partial charge < -0.3 is 15.5 Å². The molecule has 154 valence electrons. The smallest absolute Gasteiger partial charge is 0.285 e. The number of amides is 1. The minimum absolute atomic E-state index is 0. The van der Waals surface area contributed by atoms with E-state index < -0.39 is 10.0 Å². The lowest BCUT2D eigenvalue weighted by Crippen LogP contribution is -2.45. The average Bonchev–Trinajstić information content (AvgIpc) is 2.98. The molecular weight excluding hydrogens is 400 g/mol. The zero-order valence-electron chi connectivity index (χ0n) is 15.8. The summed E-state index contributed by atoms with van der Waals surface area (Å²) >= 11 is 0. The van der Waals surface area contributed by atoms with Crippen molar-refractivity contribution >= 4 is 34.2 Å². The maximum absolute atomic E-state index is 12.5. The molecular formula is C19H27ClN4O3S. The van der Waals surface area contributed by atoms with Gasteiger partial charge in [-0.05, 0) is 56.8 Å². The third kappa shape index (κ3) is 4.34. The Labute approximate surface area is 172 Å². The molecule has 1 amide bonds. The van der Waals surface area contributed by atoms with Crippen LogP contribution in [0.1, 0.15) is 31.2 Å². The van der Waals surface area contributed by atoms with Gasteiger partial charge in [0.25, 0.3) is 10.0 Å². The summed E-state index contributed by atoms with van der Waals surface area (Å²) in [5.74, 6) is 1.17. The van der Waals surface area contributed by atoms with Gasteiger partial charge in [0.2, 0.25) is 5.91 Å². The summed E-state index contributed by atoms with van der Waals surface area (Å²) < 4.78 is 28.4. The van der Waals surface area contributed by atoms with Crippen LogP contribution in [0.5, 0.6) is 0 Å². The Kier molecular flexibility index (Phi) is 6.62. The second-order valence-electron chi connectivity index (χ2n) is 7.60. The molecule has 3 aliphatic rings. The molecule has 0 spiro atoms. The number of amidine groups is 1. The summed E-state index contributed by atoms with van der Waals surface area (Å²) in [5.41, 5.74) is 0.671. The Balaban J connectivity index is 0.00000225. The number of benzene rings is 1. The number of nitrogens with zero attached hydrogens (tertiary/aromatic N) is 2. The lowest BCUT2D eigenvalue weighted by atomic mass is 9.94. The van der Waals surface area contributed by atoms with Crippen LogP contribution >= 0.6 is 12.4 Å². The molecule has 2 fully saturated rings. The quantitative estimate of drug-likeness (QED) is 0.762. The lowest BCUT2D eigenvalue weighted by molar-refractivity contribution is -0.126. The number of carbonyl (C=O) groups excluding carboxylic acids is 1. The van der Waals surface area contributed by atoms with E-state index in [0.29, 0.717) is 30.4 Å². The highest BCUT2D eigenvalue weighted by atomic mass is 35.5. The maximum atomic E-state index is 12.5. The number of carbonyl (C=O) groups is 1. The van der Waals surface area contributed by atoms with E-state index in [1.54, 1.807) is 18.2 Å². The van der Waals surface area contributed by atoms with Crippen molar-refractivity contribution in [1.29, 1.82) is 0 Å². The first-order chi connectivity index (χ1) is 13.0. The summed E-state index contributed by atoms with van der Waals surface area (Å²) in [5, 5.41) is 6.48. The molecule has 0 bridgehead atoms. The van der Waals surface area contributed by atoms with E-state index in [2.05, 4.69) is 15.0 Å². The van der Waals surface area contributed by atoms with Crippen molar-refractivity contribution in [1.82, 2.24) is 15.5 Å². The van der Waals surface area contributed by atoms with Gasteiger partial charge in [0.1, 0.15) is 4.90 Å². The summed E-state index contributed by atoms with van der Waals surface area (Å²) in [7, 11) is -3.59. The Morgan fingerprint density at radius 1 is 1.21 bits per heavy atom. The zero-order valence-corrected chi connectivity index (χ0v) is 17.4. The third-order valence-corrected chi connectivity index (χ3v) is 7.07. The molecule has 0 saturated carbocycles. The van der Waals surface area contributed by atoms with Crippen molar-refractivity contribution < 1.29 is 13.2 Å². The van der Waals surface area contributed by atoms with Crippen molar-refractivity contribution in [2.45, 2.75) is 30.6 Å². The van der Waals surface area contributed by atoms with Gasteiger partial charge in [-0.25, -0.2) is 0 Å². The van der Waals surface area contributed by atoms with Crippen LogP contribution in [0.15, 0.2) is 33.6 Å². The first-order valence-corrected chi connectivity index (χ1v) is 11.2. The van der Waals surface area contributed by atoms with Crippen molar-refractivity contribution in [3.63, 3.8) is 0 Å². The maximum Gasteiger partial charge on any atom is 0.285 e. The topological polar surface area (TPSA) is 90.9 Å². The third-order valence-electron chi connectivity index (χ3n) is 5.74. The fourth-order valence-corrected chi connectivity index (χ4v) is 5.39. The molecule has 0 aliphatic carbocycles. The van der Waals surface area contributed by atoms with Crippen LogP contribution in [0.2, 0.25) is 0 Å². The summed E-state index contributed by atoms with van der Waals surface area (Å²) in [6.07, 6.45) is 3.77. The molecule has 3 heterocycles. The van der Waals surface area contributed by atoms with Gasteiger partial charge in [-0.1, -0.05) is 12.1 Å². The molecule has 7 nitrogen and oxygen atoms in total. The number of fused-ring (bicyclic) bond motifs is 1. The van der Waals surface area contributed by atoms with E-state index >= 15 is 0 Å². The van der Waals surface area contributed by atoms with Crippen molar-refractivity contribution in [3.8, 4) is 0 Å². The normalized spacial score (nSPS) is 24.1. The largest absolute Gasteiger partial charge is 0.356 e. The van der Waals surface area contributed by atoms with Crippen LogP contribution in [0.25, 0.3) is 0 Å². The van der Waals surface area contributed by atoms with E-state index in [1.807, 2.05) is 11.0 Å². The highest BCUT2D eigenvalue weighted by Crippen LogP contribution is 2.29. The van der Waals surface area contributed by atoms with E-state index in [4.69, 9.17) is 0 Å². The van der Waals surface area contributed by atoms with Crippen LogP contribution in [0.3, 0.4) is 0 Å². The van der Waals surface area contributed by atoms with Crippen LogP contribution in [-0.2, 0) is 14.8 Å². The minimum atomic E-state index is -3.59. The number of nitrogens with one attached hydrogen (secondary N) is 2. The van der Waals surface area contributed by atoms with Crippen LogP contribution in [0.4, 0.5) is 0 Å². The highest BCUT2D eigenvalue weighted by molar-refractivity contribution is 7.90. The molecule has 4 rings (SSSR count). The number of likely N-dealkylation sites (tertiary alicyclic amines) is 1. The van der Waals surface area contributed by atoms with Gasteiger partial charge in [0.15, 0.2) is 5.84 Å².